The van der Waals surface area contributed by atoms with Crippen LogP contribution in [0, 0.1) is 0 Å². The molecule has 1 aromatic heterocycles. The van der Waals surface area contributed by atoms with Crippen LogP contribution in [0.25, 0.3) is 0 Å². The number of hydrogen-bond acceptors (Lipinski definition) is 5. The van der Waals surface area contributed by atoms with Gasteiger partial charge in [-0.05, 0) is 52.3 Å². The van der Waals surface area contributed by atoms with Gasteiger partial charge in [-0.3, -0.25) is 14.6 Å². The Morgan fingerprint density at radius 2 is 1.62 bits per heavy atom. The van der Waals surface area contributed by atoms with Crippen molar-refractivity contribution in [2.24, 2.45) is 0 Å². The Labute approximate surface area is 239 Å². The molecule has 3 aromatic rings. The maximum atomic E-state index is 14.6. The number of carbonyl (C=O) groups is 2. The minimum Gasteiger partial charge on any atom is -0.494 e. The Hall–Kier alpha value is -4.02. The molecule has 1 N–H and O–H groups in total. The molecule has 0 saturated heterocycles. The summed E-state index contributed by atoms with van der Waals surface area (Å²) in [6.45, 7) is -3.81. The zero-order valence-electron chi connectivity index (χ0n) is 21.1. The predicted molar refractivity (Wildman–Crippen MR) is 134 cm³/mol. The molecular weight excluding hydrogens is 657 g/mol. The lowest BCUT2D eigenvalue weighted by Crippen LogP contribution is -2.50. The lowest BCUT2D eigenvalue weighted by atomic mass is 9.93. The topological polar surface area (TPSA) is 80.8 Å². The third kappa shape index (κ3) is 6.24. The van der Waals surface area contributed by atoms with E-state index in [4.69, 9.17) is 4.74 Å². The summed E-state index contributed by atoms with van der Waals surface area (Å²) in [5, 5.41) is 2.03. The maximum Gasteiger partial charge on any atom is 0.435 e. The van der Waals surface area contributed by atoms with E-state index in [9.17, 15) is 49.1 Å². The van der Waals surface area contributed by atoms with E-state index >= 15 is 0 Å². The fraction of sp³-hybridized carbons (Fsp3) is 0.240. The predicted octanol–water partition coefficient (Wildman–Crippen LogP) is 7.27. The molecule has 7 nitrogen and oxygen atoms in total. The second-order valence-electron chi connectivity index (χ2n) is 8.25. The molecule has 0 saturated carbocycles. The number of para-hydroxylation sites is 1. The molecule has 0 aliphatic rings. The number of rotatable bonds is 8. The second kappa shape index (κ2) is 12.1. The third-order valence-corrected chi connectivity index (χ3v) is 6.31. The number of alkyl halides is 9. The largest absolute Gasteiger partial charge is 0.494 e. The van der Waals surface area contributed by atoms with Crippen LogP contribution in [-0.2, 0) is 5.67 Å². The van der Waals surface area contributed by atoms with Crippen molar-refractivity contribution in [3.8, 4) is 11.5 Å². The van der Waals surface area contributed by atoms with Gasteiger partial charge in [0.25, 0.3) is 11.8 Å². The van der Waals surface area contributed by atoms with Gasteiger partial charge in [-0.25, -0.2) is 4.39 Å². The molecule has 0 spiro atoms. The summed E-state index contributed by atoms with van der Waals surface area (Å²) in [5.74, 6) is -3.46. The number of aromatic nitrogens is 1. The van der Waals surface area contributed by atoms with Gasteiger partial charge in [0.15, 0.2) is 11.5 Å². The van der Waals surface area contributed by atoms with Crippen molar-refractivity contribution in [1.29, 1.82) is 0 Å². The van der Waals surface area contributed by atoms with E-state index in [-0.39, 0.29) is 34.8 Å². The average Bonchev–Trinajstić information content (AvgIpc) is 2.91. The normalized spacial score (nSPS) is 12.2. The van der Waals surface area contributed by atoms with Crippen LogP contribution in [0.4, 0.5) is 50.9 Å². The van der Waals surface area contributed by atoms with Crippen molar-refractivity contribution >= 4 is 39.1 Å². The van der Waals surface area contributed by atoms with Crippen LogP contribution >= 0.6 is 15.9 Å². The Balaban J connectivity index is 2.09. The number of ether oxygens (including phenoxy) is 2. The summed E-state index contributed by atoms with van der Waals surface area (Å²) >= 11 is 2.60. The van der Waals surface area contributed by atoms with Crippen molar-refractivity contribution in [2.45, 2.75) is 24.6 Å². The quantitative estimate of drug-likeness (QED) is 0.255. The average molecular weight is 674 g/mol. The lowest BCUT2D eigenvalue weighted by Gasteiger charge is -2.31. The zero-order valence-corrected chi connectivity index (χ0v) is 22.7. The summed E-state index contributed by atoms with van der Waals surface area (Å²) in [6.07, 6.45) is -11.7. The molecule has 2 amide bonds. The molecule has 42 heavy (non-hydrogen) atoms. The fourth-order valence-electron chi connectivity index (χ4n) is 3.71. The van der Waals surface area contributed by atoms with Crippen LogP contribution in [0.3, 0.4) is 0 Å². The summed E-state index contributed by atoms with van der Waals surface area (Å²) in [6, 6.07) is 8.13. The molecule has 2 aromatic carbocycles. The first-order chi connectivity index (χ1) is 19.4. The molecule has 0 bridgehead atoms. The SMILES string of the molecule is COc1c(C(=O)Nc2c(Br)cc(C(F)(C(F)(F)F)C(F)(F)F)cc2OC(F)F)cccc1N(C)C(=O)c1ccccn1. The van der Waals surface area contributed by atoms with Crippen LogP contribution < -0.4 is 19.7 Å². The summed E-state index contributed by atoms with van der Waals surface area (Å²) < 4.78 is 129. The van der Waals surface area contributed by atoms with Gasteiger partial charge in [-0.15, -0.1) is 0 Å². The molecule has 0 unspecified atom stereocenters. The number of hydrogen-bond donors (Lipinski definition) is 1. The highest BCUT2D eigenvalue weighted by atomic mass is 79.9. The van der Waals surface area contributed by atoms with Crippen LogP contribution in [0.15, 0.2) is 59.2 Å². The van der Waals surface area contributed by atoms with Gasteiger partial charge >= 0.3 is 24.6 Å². The Morgan fingerprint density at radius 1 is 0.976 bits per heavy atom. The number of pyridine rings is 1. The molecule has 0 atom stereocenters. The van der Waals surface area contributed by atoms with E-state index in [0.717, 1.165) is 18.1 Å². The fourth-order valence-corrected chi connectivity index (χ4v) is 4.25. The van der Waals surface area contributed by atoms with Gasteiger partial charge in [0.1, 0.15) is 5.69 Å². The number of nitrogens with zero attached hydrogens (tertiary/aromatic N) is 2. The minimum absolute atomic E-state index is 0.0158. The van der Waals surface area contributed by atoms with Crippen molar-refractivity contribution in [1.82, 2.24) is 4.98 Å². The molecule has 226 valence electrons. The van der Waals surface area contributed by atoms with E-state index in [0.29, 0.717) is 0 Å². The van der Waals surface area contributed by atoms with E-state index in [1.807, 2.05) is 5.32 Å². The number of nitrogens with one attached hydrogen (secondary N) is 1. The molecule has 3 rings (SSSR count). The van der Waals surface area contributed by atoms with Crippen LogP contribution in [0.5, 0.6) is 11.5 Å². The monoisotopic (exact) mass is 673 g/mol. The van der Waals surface area contributed by atoms with Gasteiger partial charge in [0, 0.05) is 23.3 Å². The van der Waals surface area contributed by atoms with Gasteiger partial charge in [-0.2, -0.15) is 35.1 Å². The Morgan fingerprint density at radius 3 is 2.14 bits per heavy atom. The number of halogens is 10. The van der Waals surface area contributed by atoms with Gasteiger partial charge in [-0.1, -0.05) is 12.1 Å². The number of methoxy groups -OCH3 is 1. The highest BCUT2D eigenvalue weighted by Gasteiger charge is 2.73. The van der Waals surface area contributed by atoms with E-state index in [1.54, 1.807) is 12.1 Å². The molecule has 17 heteroatoms. The van der Waals surface area contributed by atoms with Crippen molar-refractivity contribution in [3.05, 3.63) is 76.0 Å². The molecular formula is C25H17BrF9N3O4. The third-order valence-electron chi connectivity index (χ3n) is 5.68. The van der Waals surface area contributed by atoms with Gasteiger partial charge in [0.2, 0.25) is 0 Å². The van der Waals surface area contributed by atoms with Gasteiger partial charge in [0.05, 0.1) is 24.0 Å². The number of amides is 2. The highest BCUT2D eigenvalue weighted by molar-refractivity contribution is 9.10. The number of carbonyl (C=O) groups excluding carboxylic acids is 2. The molecule has 1 heterocycles. The van der Waals surface area contributed by atoms with Gasteiger partial charge < -0.3 is 19.7 Å². The number of anilines is 2. The molecule has 0 fully saturated rings. The molecule has 0 aliphatic heterocycles. The molecule has 0 radical (unpaired) electrons. The summed E-state index contributed by atoms with van der Waals surface area (Å²) in [5.41, 5.74) is -9.28. The molecule has 0 aliphatic carbocycles. The maximum absolute atomic E-state index is 14.6. The summed E-state index contributed by atoms with van der Waals surface area (Å²) in [4.78, 5) is 31.1. The standard InChI is InChI=1S/C25H17BrF9N3O4/c1-38(21(40)15-7-3-4-9-36-15)16-8-5-6-13(19(16)41-2)20(39)37-18-14(26)10-12(11-17(18)42-22(27)28)23(29,24(30,31)32)25(33,34)35/h3-11,22H,1-2H3,(H,37,39). The van der Waals surface area contributed by atoms with Crippen LogP contribution in [0.1, 0.15) is 26.4 Å². The number of benzene rings is 2. The first-order valence-corrected chi connectivity index (χ1v) is 12.0. The van der Waals surface area contributed by atoms with Crippen molar-refractivity contribution in [3.63, 3.8) is 0 Å². The highest BCUT2D eigenvalue weighted by Crippen LogP contribution is 2.55. The van der Waals surface area contributed by atoms with Crippen molar-refractivity contribution in [2.75, 3.05) is 24.4 Å². The van der Waals surface area contributed by atoms with E-state index in [1.165, 1.54) is 31.4 Å². The van der Waals surface area contributed by atoms with E-state index < -0.39 is 57.9 Å². The Bertz CT molecular complexity index is 1450. The van der Waals surface area contributed by atoms with E-state index in [2.05, 4.69) is 25.7 Å². The lowest BCUT2D eigenvalue weighted by molar-refractivity contribution is -0.348. The van der Waals surface area contributed by atoms with Crippen LogP contribution in [-0.4, -0.2) is 49.9 Å². The Kier molecular flexibility index (Phi) is 9.34. The minimum atomic E-state index is -6.55. The summed E-state index contributed by atoms with van der Waals surface area (Å²) in [7, 11) is 2.45. The smallest absolute Gasteiger partial charge is 0.435 e. The van der Waals surface area contributed by atoms with Crippen LogP contribution in [0.2, 0.25) is 0 Å². The first-order valence-electron chi connectivity index (χ1n) is 11.2. The van der Waals surface area contributed by atoms with Crippen molar-refractivity contribution < 1.29 is 58.6 Å². The first kappa shape index (κ1) is 32.5. The second-order valence-corrected chi connectivity index (χ2v) is 9.11. The zero-order chi connectivity index (χ0) is 31.6.